The largest absolute Gasteiger partial charge is 0.264 e. The van der Waals surface area contributed by atoms with E-state index in [0.29, 0.717) is 11.4 Å². The van der Waals surface area contributed by atoms with E-state index in [1.165, 1.54) is 5.56 Å². The number of fused-ring (bicyclic) bond motifs is 1. The van der Waals surface area contributed by atoms with Crippen molar-refractivity contribution in [3.63, 3.8) is 0 Å². The van der Waals surface area contributed by atoms with Crippen LogP contribution >= 0.6 is 24.2 Å². The molecule has 0 spiro atoms. The Morgan fingerprint density at radius 2 is 1.58 bits per heavy atom. The van der Waals surface area contributed by atoms with Gasteiger partial charge in [0.1, 0.15) is 5.37 Å². The second-order valence-corrected chi connectivity index (χ2v) is 7.07. The lowest BCUT2D eigenvalue weighted by molar-refractivity contribution is 1.15. The third-order valence-electron chi connectivity index (χ3n) is 4.30. The van der Waals surface area contributed by atoms with Gasteiger partial charge in [-0.05, 0) is 23.8 Å². The Morgan fingerprint density at radius 3 is 2.31 bits per heavy atom. The third kappa shape index (κ3) is 3.59. The average Bonchev–Trinajstić information content (AvgIpc) is 2.80. The maximum absolute atomic E-state index is 6.26. The molecular weight excluding hydrogens is 360 g/mol. The van der Waals surface area contributed by atoms with Gasteiger partial charge < -0.3 is 0 Å². The fourth-order valence-electron chi connectivity index (χ4n) is 3.04. The summed E-state index contributed by atoms with van der Waals surface area (Å²) in [7, 11) is 0. The summed E-state index contributed by atoms with van der Waals surface area (Å²) in [4.78, 5) is 9.80. The highest BCUT2D eigenvalue weighted by atomic mass is 35.5. The van der Waals surface area contributed by atoms with Gasteiger partial charge in [-0.15, -0.1) is 12.6 Å². The number of thiol groups is 1. The molecule has 0 bridgehead atoms. The first-order valence-corrected chi connectivity index (χ1v) is 9.33. The van der Waals surface area contributed by atoms with Crippen molar-refractivity contribution in [1.29, 1.82) is 0 Å². The van der Waals surface area contributed by atoms with Crippen LogP contribution in [0.15, 0.2) is 88.8 Å². The number of nitrogens with zero attached hydrogens (tertiary/aromatic N) is 2. The molecule has 0 amide bonds. The fraction of sp³-hybridized carbons (Fsp3) is 0.0909. The van der Waals surface area contributed by atoms with Crippen LogP contribution in [-0.2, 0) is 6.42 Å². The normalized spacial score (nSPS) is 16.3. The van der Waals surface area contributed by atoms with Gasteiger partial charge in [0, 0.05) is 22.6 Å². The second kappa shape index (κ2) is 7.48. The molecule has 4 heteroatoms. The summed E-state index contributed by atoms with van der Waals surface area (Å²) >= 11 is 11.0. The number of benzene rings is 3. The first kappa shape index (κ1) is 17.1. The first-order valence-electron chi connectivity index (χ1n) is 8.43. The van der Waals surface area contributed by atoms with E-state index in [2.05, 4.69) is 12.1 Å². The van der Waals surface area contributed by atoms with Gasteiger partial charge in [-0.2, -0.15) is 0 Å². The highest BCUT2D eigenvalue weighted by Gasteiger charge is 2.21. The molecule has 1 aliphatic rings. The molecule has 1 unspecified atom stereocenters. The Kier molecular flexibility index (Phi) is 4.91. The van der Waals surface area contributed by atoms with Crippen molar-refractivity contribution in [2.45, 2.75) is 11.8 Å². The highest BCUT2D eigenvalue weighted by Crippen LogP contribution is 2.30. The Morgan fingerprint density at radius 1 is 0.885 bits per heavy atom. The van der Waals surface area contributed by atoms with E-state index >= 15 is 0 Å². The summed E-state index contributed by atoms with van der Waals surface area (Å²) in [5, 5.41) is 0.362. The summed E-state index contributed by atoms with van der Waals surface area (Å²) in [6, 6.07) is 26.1. The van der Waals surface area contributed by atoms with Crippen LogP contribution in [0.4, 0.5) is 5.69 Å². The van der Waals surface area contributed by atoms with Crippen molar-refractivity contribution in [2.75, 3.05) is 0 Å². The van der Waals surface area contributed by atoms with Crippen molar-refractivity contribution in [1.82, 2.24) is 0 Å². The molecule has 3 aromatic rings. The summed E-state index contributed by atoms with van der Waals surface area (Å²) in [5.41, 5.74) is 5.83. The zero-order valence-corrected chi connectivity index (χ0v) is 15.7. The molecule has 26 heavy (non-hydrogen) atoms. The molecule has 128 valence electrons. The van der Waals surface area contributed by atoms with E-state index in [9.17, 15) is 0 Å². The molecule has 0 aliphatic carbocycles. The lowest BCUT2D eigenvalue weighted by Crippen LogP contribution is -2.16. The topological polar surface area (TPSA) is 24.7 Å². The monoisotopic (exact) mass is 376 g/mol. The molecule has 1 atom stereocenters. The predicted molar refractivity (Wildman–Crippen MR) is 114 cm³/mol. The fourth-order valence-corrected chi connectivity index (χ4v) is 3.47. The second-order valence-electron chi connectivity index (χ2n) is 6.14. The zero-order valence-electron chi connectivity index (χ0n) is 14.0. The standard InChI is InChI=1S/C22H17ClN2S/c23-17-11-12-19-18(14-17)21(16-9-5-2-6-10-16)25-22(26)20(24-19)13-15-7-3-1-4-8-15/h1-12,14,22,26H,13H2. The highest BCUT2D eigenvalue weighted by molar-refractivity contribution is 7.81. The van der Waals surface area contributed by atoms with Gasteiger partial charge in [0.2, 0.25) is 0 Å². The quantitative estimate of drug-likeness (QED) is 0.562. The maximum atomic E-state index is 6.26. The Labute approximate surface area is 163 Å². The molecule has 2 nitrogen and oxygen atoms in total. The number of halogens is 1. The lowest BCUT2D eigenvalue weighted by atomic mass is 10.0. The smallest absolute Gasteiger partial charge is 0.132 e. The van der Waals surface area contributed by atoms with Crippen LogP contribution in [0.2, 0.25) is 5.02 Å². The molecular formula is C22H17ClN2S. The van der Waals surface area contributed by atoms with Crippen molar-refractivity contribution >= 4 is 41.3 Å². The van der Waals surface area contributed by atoms with Crippen LogP contribution in [0.25, 0.3) is 0 Å². The molecule has 0 radical (unpaired) electrons. The zero-order chi connectivity index (χ0) is 17.9. The first-order chi connectivity index (χ1) is 12.7. The van der Waals surface area contributed by atoms with E-state index < -0.39 is 0 Å². The predicted octanol–water partition coefficient (Wildman–Crippen LogP) is 5.76. The Hall–Kier alpha value is -2.36. The van der Waals surface area contributed by atoms with E-state index in [-0.39, 0.29) is 5.37 Å². The van der Waals surface area contributed by atoms with E-state index in [4.69, 9.17) is 34.2 Å². The van der Waals surface area contributed by atoms with Crippen molar-refractivity contribution in [2.24, 2.45) is 9.98 Å². The SMILES string of the molecule is SC1N=C(c2ccccc2)c2cc(Cl)ccc2N=C1Cc1ccccc1. The minimum atomic E-state index is -0.309. The van der Waals surface area contributed by atoms with Crippen molar-refractivity contribution < 1.29 is 0 Å². The van der Waals surface area contributed by atoms with E-state index in [0.717, 1.165) is 28.2 Å². The number of hydrogen-bond acceptors (Lipinski definition) is 3. The van der Waals surface area contributed by atoms with Gasteiger partial charge >= 0.3 is 0 Å². The summed E-state index contributed by atoms with van der Waals surface area (Å²) < 4.78 is 0. The minimum absolute atomic E-state index is 0.309. The van der Waals surface area contributed by atoms with Gasteiger partial charge in [-0.3, -0.25) is 9.98 Å². The third-order valence-corrected chi connectivity index (χ3v) is 4.95. The summed E-state index contributed by atoms with van der Waals surface area (Å²) in [5.74, 6) is 0. The molecule has 0 aromatic heterocycles. The van der Waals surface area contributed by atoms with Crippen LogP contribution in [0.1, 0.15) is 16.7 Å². The molecule has 0 saturated carbocycles. The van der Waals surface area contributed by atoms with Crippen LogP contribution in [-0.4, -0.2) is 16.8 Å². The molecule has 1 heterocycles. The Balaban J connectivity index is 1.83. The van der Waals surface area contributed by atoms with E-state index in [1.807, 2.05) is 66.7 Å². The van der Waals surface area contributed by atoms with Gasteiger partial charge in [0.15, 0.2) is 0 Å². The van der Waals surface area contributed by atoms with Crippen LogP contribution in [0, 0.1) is 0 Å². The molecule has 4 rings (SSSR count). The lowest BCUT2D eigenvalue weighted by Gasteiger charge is -2.10. The number of aliphatic imine (C=N–C) groups is 2. The average molecular weight is 377 g/mol. The minimum Gasteiger partial charge on any atom is -0.264 e. The van der Waals surface area contributed by atoms with Gasteiger partial charge in [-0.1, -0.05) is 72.3 Å². The maximum Gasteiger partial charge on any atom is 0.132 e. The Bertz CT molecular complexity index is 982. The number of hydrogen-bond donors (Lipinski definition) is 1. The molecule has 3 aromatic carbocycles. The summed E-state index contributed by atoms with van der Waals surface area (Å²) in [6.45, 7) is 0. The van der Waals surface area contributed by atoms with Gasteiger partial charge in [-0.25, -0.2) is 0 Å². The van der Waals surface area contributed by atoms with Crippen LogP contribution < -0.4 is 0 Å². The van der Waals surface area contributed by atoms with Gasteiger partial charge in [0.05, 0.1) is 17.1 Å². The molecule has 0 saturated heterocycles. The summed E-state index contributed by atoms with van der Waals surface area (Å²) in [6.07, 6.45) is 0.711. The van der Waals surface area contributed by atoms with Crippen molar-refractivity contribution in [3.8, 4) is 0 Å². The number of rotatable bonds is 3. The van der Waals surface area contributed by atoms with Crippen LogP contribution in [0.3, 0.4) is 0 Å². The molecule has 0 N–H and O–H groups in total. The molecule has 1 aliphatic heterocycles. The molecule has 0 fully saturated rings. The van der Waals surface area contributed by atoms with Gasteiger partial charge in [0.25, 0.3) is 0 Å². The van der Waals surface area contributed by atoms with Crippen molar-refractivity contribution in [3.05, 3.63) is 101 Å². The van der Waals surface area contributed by atoms with Crippen LogP contribution in [0.5, 0.6) is 0 Å². The van der Waals surface area contributed by atoms with E-state index in [1.54, 1.807) is 0 Å².